The Balaban J connectivity index is 1.59. The first-order valence-corrected chi connectivity index (χ1v) is 8.31. The molecular weight excluding hydrogens is 360 g/mol. The number of thiophene rings is 1. The quantitative estimate of drug-likeness (QED) is 0.745. The highest BCUT2D eigenvalue weighted by Gasteiger charge is 2.20. The van der Waals surface area contributed by atoms with Crippen LogP contribution >= 0.6 is 27.3 Å². The van der Waals surface area contributed by atoms with Crippen molar-refractivity contribution in [2.24, 2.45) is 0 Å². The molecule has 1 aromatic carbocycles. The number of nitrogens with one attached hydrogen (secondary N) is 1. The van der Waals surface area contributed by atoms with Gasteiger partial charge in [-0.15, -0.1) is 11.3 Å². The molecule has 0 radical (unpaired) electrons. The number of hydrogen-bond acceptors (Lipinski definition) is 3. The van der Waals surface area contributed by atoms with Gasteiger partial charge in [-0.05, 0) is 37.1 Å². The van der Waals surface area contributed by atoms with Crippen LogP contribution in [0, 0.1) is 11.6 Å². The maximum atomic E-state index is 13.6. The van der Waals surface area contributed by atoms with Crippen molar-refractivity contribution in [3.05, 3.63) is 50.1 Å². The van der Waals surface area contributed by atoms with Crippen molar-refractivity contribution in [3.8, 4) is 5.75 Å². The van der Waals surface area contributed by atoms with E-state index >= 15 is 0 Å². The molecule has 0 amide bonds. The first-order chi connectivity index (χ1) is 10.1. The molecule has 2 aromatic rings. The van der Waals surface area contributed by atoms with Crippen molar-refractivity contribution in [1.29, 1.82) is 0 Å². The molecule has 1 aliphatic carbocycles. The molecule has 0 saturated heterocycles. The number of halogens is 3. The van der Waals surface area contributed by atoms with Crippen LogP contribution in [0.25, 0.3) is 0 Å². The van der Waals surface area contributed by atoms with Crippen LogP contribution in [0.2, 0.25) is 0 Å². The van der Waals surface area contributed by atoms with Crippen LogP contribution in [-0.4, -0.2) is 6.04 Å². The molecule has 0 bridgehead atoms. The zero-order chi connectivity index (χ0) is 14.8. The predicted octanol–water partition coefficient (Wildman–Crippen LogP) is 4.62. The van der Waals surface area contributed by atoms with Crippen LogP contribution < -0.4 is 10.1 Å². The Bertz CT molecular complexity index is 643. The molecule has 1 fully saturated rings. The molecule has 6 heteroatoms. The zero-order valence-corrected chi connectivity index (χ0v) is 13.6. The minimum Gasteiger partial charge on any atom is -0.485 e. The molecule has 0 aliphatic heterocycles. The highest BCUT2D eigenvalue weighted by atomic mass is 79.9. The lowest BCUT2D eigenvalue weighted by atomic mass is 10.3. The van der Waals surface area contributed by atoms with Crippen molar-refractivity contribution >= 4 is 27.3 Å². The van der Waals surface area contributed by atoms with Crippen LogP contribution in [0.1, 0.15) is 22.6 Å². The summed E-state index contributed by atoms with van der Waals surface area (Å²) in [5, 5.41) is 3.44. The number of benzene rings is 1. The fourth-order valence-corrected chi connectivity index (χ4v) is 3.20. The highest BCUT2D eigenvalue weighted by Crippen LogP contribution is 2.27. The van der Waals surface area contributed by atoms with Gasteiger partial charge in [-0.3, -0.25) is 0 Å². The van der Waals surface area contributed by atoms with Crippen LogP contribution in [0.15, 0.2) is 28.7 Å². The molecule has 0 spiro atoms. The van der Waals surface area contributed by atoms with E-state index in [-0.39, 0.29) is 12.4 Å². The van der Waals surface area contributed by atoms with E-state index in [9.17, 15) is 8.78 Å². The van der Waals surface area contributed by atoms with Crippen LogP contribution in [0.3, 0.4) is 0 Å². The van der Waals surface area contributed by atoms with Gasteiger partial charge in [-0.1, -0.05) is 15.9 Å². The Kier molecular flexibility index (Phi) is 4.57. The summed E-state index contributed by atoms with van der Waals surface area (Å²) in [6.45, 7) is 1.09. The molecule has 112 valence electrons. The largest absolute Gasteiger partial charge is 0.485 e. The summed E-state index contributed by atoms with van der Waals surface area (Å²) >= 11 is 4.75. The normalized spacial score (nSPS) is 14.4. The van der Waals surface area contributed by atoms with E-state index in [2.05, 4.69) is 21.2 Å². The monoisotopic (exact) mass is 373 g/mol. The molecule has 1 aromatic heterocycles. The molecular formula is C15H14BrF2NOS. The second kappa shape index (κ2) is 6.42. The predicted molar refractivity (Wildman–Crippen MR) is 82.6 cm³/mol. The van der Waals surface area contributed by atoms with Gasteiger partial charge in [0, 0.05) is 26.8 Å². The van der Waals surface area contributed by atoms with Crippen molar-refractivity contribution in [1.82, 2.24) is 5.32 Å². The fourth-order valence-electron chi connectivity index (χ4n) is 1.91. The number of rotatable bonds is 6. The molecule has 2 nitrogen and oxygen atoms in total. The van der Waals surface area contributed by atoms with Crippen LogP contribution in [0.4, 0.5) is 8.78 Å². The Labute approximate surface area is 134 Å². The summed E-state index contributed by atoms with van der Waals surface area (Å²) < 4.78 is 32.7. The smallest absolute Gasteiger partial charge is 0.200 e. The first kappa shape index (κ1) is 14.9. The minimum atomic E-state index is -0.953. The second-order valence-electron chi connectivity index (χ2n) is 5.01. The third-order valence-electron chi connectivity index (χ3n) is 3.19. The summed E-state index contributed by atoms with van der Waals surface area (Å²) in [6.07, 6.45) is 2.52. The Morgan fingerprint density at radius 1 is 1.24 bits per heavy atom. The summed E-state index contributed by atoms with van der Waals surface area (Å²) in [5.74, 6) is -1.95. The average molecular weight is 374 g/mol. The van der Waals surface area contributed by atoms with Gasteiger partial charge in [0.2, 0.25) is 5.82 Å². The lowest BCUT2D eigenvalue weighted by Crippen LogP contribution is -2.14. The van der Waals surface area contributed by atoms with E-state index in [1.807, 2.05) is 12.1 Å². The van der Waals surface area contributed by atoms with E-state index < -0.39 is 11.6 Å². The number of ether oxygens (including phenoxy) is 1. The maximum absolute atomic E-state index is 13.6. The third kappa shape index (κ3) is 4.02. The molecule has 1 N–H and O–H groups in total. The van der Waals surface area contributed by atoms with Crippen molar-refractivity contribution < 1.29 is 13.5 Å². The number of hydrogen-bond donors (Lipinski definition) is 1. The zero-order valence-electron chi connectivity index (χ0n) is 11.2. The van der Waals surface area contributed by atoms with Gasteiger partial charge in [0.15, 0.2) is 11.6 Å². The van der Waals surface area contributed by atoms with Gasteiger partial charge in [0.05, 0.1) is 0 Å². The van der Waals surface area contributed by atoms with E-state index in [0.29, 0.717) is 10.5 Å². The van der Waals surface area contributed by atoms with E-state index in [0.717, 1.165) is 17.5 Å². The summed E-state index contributed by atoms with van der Waals surface area (Å²) in [6, 6.07) is 7.18. The molecule has 0 unspecified atom stereocenters. The maximum Gasteiger partial charge on any atom is 0.200 e. The van der Waals surface area contributed by atoms with Crippen molar-refractivity contribution in [3.63, 3.8) is 0 Å². The Morgan fingerprint density at radius 2 is 2.00 bits per heavy atom. The van der Waals surface area contributed by atoms with Crippen LogP contribution in [0.5, 0.6) is 5.75 Å². The highest BCUT2D eigenvalue weighted by molar-refractivity contribution is 9.10. The van der Waals surface area contributed by atoms with Gasteiger partial charge in [0.1, 0.15) is 6.61 Å². The van der Waals surface area contributed by atoms with E-state index in [4.69, 9.17) is 4.74 Å². The van der Waals surface area contributed by atoms with Gasteiger partial charge < -0.3 is 10.1 Å². The standard InChI is InChI=1S/C15H14BrF2NOS/c16-9-5-13(17)15(18)14(6-9)20-8-12-4-3-11(21-12)7-19-10-1-2-10/h3-6,10,19H,1-2,7-8H2. The van der Waals surface area contributed by atoms with Gasteiger partial charge in [0.25, 0.3) is 0 Å². The fraction of sp³-hybridized carbons (Fsp3) is 0.333. The second-order valence-corrected chi connectivity index (χ2v) is 7.18. The third-order valence-corrected chi connectivity index (χ3v) is 4.71. The molecule has 1 aliphatic rings. The minimum absolute atomic E-state index is 0.0760. The lowest BCUT2D eigenvalue weighted by Gasteiger charge is -2.07. The Morgan fingerprint density at radius 3 is 2.76 bits per heavy atom. The lowest BCUT2D eigenvalue weighted by molar-refractivity contribution is 0.287. The topological polar surface area (TPSA) is 21.3 Å². The summed E-state index contributed by atoms with van der Waals surface area (Å²) in [4.78, 5) is 2.21. The first-order valence-electron chi connectivity index (χ1n) is 6.70. The van der Waals surface area contributed by atoms with Gasteiger partial charge in [-0.2, -0.15) is 4.39 Å². The average Bonchev–Trinajstić information content (AvgIpc) is 3.17. The van der Waals surface area contributed by atoms with E-state index in [1.54, 1.807) is 11.3 Å². The van der Waals surface area contributed by atoms with E-state index in [1.165, 1.54) is 23.8 Å². The molecule has 21 heavy (non-hydrogen) atoms. The van der Waals surface area contributed by atoms with Crippen molar-refractivity contribution in [2.45, 2.75) is 32.0 Å². The summed E-state index contributed by atoms with van der Waals surface area (Å²) in [7, 11) is 0. The van der Waals surface area contributed by atoms with Crippen molar-refractivity contribution in [2.75, 3.05) is 0 Å². The SMILES string of the molecule is Fc1cc(Br)cc(OCc2ccc(CNC3CC3)s2)c1F. The Hall–Kier alpha value is -0.980. The molecule has 1 heterocycles. The molecule has 0 atom stereocenters. The molecule has 1 saturated carbocycles. The van der Waals surface area contributed by atoms with Gasteiger partial charge in [-0.25, -0.2) is 4.39 Å². The van der Waals surface area contributed by atoms with Crippen LogP contribution in [-0.2, 0) is 13.2 Å². The summed E-state index contributed by atoms with van der Waals surface area (Å²) in [5.41, 5.74) is 0. The van der Waals surface area contributed by atoms with Gasteiger partial charge >= 0.3 is 0 Å². The molecule has 3 rings (SSSR count).